The average molecular weight is 259 g/mol. The molecule has 0 rings (SSSR count). The average Bonchev–Trinajstić information content (AvgIpc) is 2.39. The summed E-state index contributed by atoms with van der Waals surface area (Å²) in [6.07, 6.45) is 10.1. The third kappa shape index (κ3) is 5.12. The van der Waals surface area contributed by atoms with Gasteiger partial charge in [0, 0.05) is 17.2 Å². The van der Waals surface area contributed by atoms with Crippen LogP contribution < -0.4 is 0 Å². The van der Waals surface area contributed by atoms with Gasteiger partial charge in [0.25, 0.3) is 5.70 Å². The first kappa shape index (κ1) is 16.5. The molecule has 0 radical (unpaired) electrons. The standard InChI is InChI=1S/C15H17NO3/c1-5-9-12(7-3)15(17)13(10-6-2)11-14(8-4)16(18)19/h5-11H,1,3H2,2,4H3/b10-6-,12-9+,13-11+,14-8+. The molecule has 100 valence electrons. The summed E-state index contributed by atoms with van der Waals surface area (Å²) in [5.41, 5.74) is 0.418. The van der Waals surface area contributed by atoms with Gasteiger partial charge in [0.05, 0.1) is 4.92 Å². The second kappa shape index (κ2) is 8.58. The number of nitro groups is 1. The monoisotopic (exact) mass is 259 g/mol. The molecule has 0 aromatic carbocycles. The van der Waals surface area contributed by atoms with Crippen LogP contribution in [0.4, 0.5) is 0 Å². The lowest BCUT2D eigenvalue weighted by Gasteiger charge is -2.02. The molecule has 0 bridgehead atoms. The van der Waals surface area contributed by atoms with E-state index in [9.17, 15) is 14.9 Å². The van der Waals surface area contributed by atoms with Gasteiger partial charge in [-0.1, -0.05) is 43.5 Å². The van der Waals surface area contributed by atoms with Crippen molar-refractivity contribution in [2.75, 3.05) is 0 Å². The van der Waals surface area contributed by atoms with Gasteiger partial charge >= 0.3 is 0 Å². The maximum atomic E-state index is 12.2. The number of hydrogen-bond acceptors (Lipinski definition) is 3. The van der Waals surface area contributed by atoms with E-state index in [1.807, 2.05) is 0 Å². The zero-order valence-electron chi connectivity index (χ0n) is 11.1. The van der Waals surface area contributed by atoms with Crippen molar-refractivity contribution in [3.05, 3.63) is 82.6 Å². The van der Waals surface area contributed by atoms with E-state index in [1.165, 1.54) is 36.5 Å². The number of ketones is 1. The Hall–Kier alpha value is -2.49. The van der Waals surface area contributed by atoms with Crippen LogP contribution in [0.15, 0.2) is 72.5 Å². The number of carbonyl (C=O) groups excluding carboxylic acids is 1. The van der Waals surface area contributed by atoms with Crippen LogP contribution in [-0.2, 0) is 4.79 Å². The van der Waals surface area contributed by atoms with Gasteiger partial charge in [-0.05, 0) is 19.9 Å². The predicted octanol–water partition coefficient (Wildman–Crippen LogP) is 3.54. The number of allylic oxidation sites excluding steroid dienone is 9. The van der Waals surface area contributed by atoms with Crippen molar-refractivity contribution in [2.24, 2.45) is 0 Å². The molecule has 4 nitrogen and oxygen atoms in total. The molecule has 0 fully saturated rings. The summed E-state index contributed by atoms with van der Waals surface area (Å²) >= 11 is 0. The van der Waals surface area contributed by atoms with Gasteiger partial charge < -0.3 is 0 Å². The van der Waals surface area contributed by atoms with Crippen LogP contribution in [0.2, 0.25) is 0 Å². The van der Waals surface area contributed by atoms with Crippen molar-refractivity contribution in [3.8, 4) is 0 Å². The smallest absolute Gasteiger partial charge is 0.265 e. The SMILES string of the molecule is C=C/C=C(\C=C)C(=O)C(/C=C\C)=C/C(=C\C)[N+](=O)[O-]. The first-order valence-electron chi connectivity index (χ1n) is 5.66. The highest BCUT2D eigenvalue weighted by Crippen LogP contribution is 2.13. The molecule has 0 spiro atoms. The van der Waals surface area contributed by atoms with Crippen LogP contribution in [0.3, 0.4) is 0 Å². The van der Waals surface area contributed by atoms with Crippen LogP contribution in [0.5, 0.6) is 0 Å². The normalized spacial score (nSPS) is 13.5. The lowest BCUT2D eigenvalue weighted by atomic mass is 10.0. The van der Waals surface area contributed by atoms with Crippen molar-refractivity contribution in [1.82, 2.24) is 0 Å². The Morgan fingerprint density at radius 2 is 1.84 bits per heavy atom. The maximum Gasteiger partial charge on any atom is 0.265 e. The summed E-state index contributed by atoms with van der Waals surface area (Å²) in [4.78, 5) is 22.4. The Labute approximate surface area is 113 Å². The quantitative estimate of drug-likeness (QED) is 0.304. The van der Waals surface area contributed by atoms with Gasteiger partial charge in [-0.2, -0.15) is 0 Å². The molecule has 4 heteroatoms. The van der Waals surface area contributed by atoms with Crippen LogP contribution >= 0.6 is 0 Å². The highest BCUT2D eigenvalue weighted by molar-refractivity contribution is 6.12. The first-order chi connectivity index (χ1) is 9.01. The molecule has 0 N–H and O–H groups in total. The second-order valence-corrected chi connectivity index (χ2v) is 3.46. The maximum absolute atomic E-state index is 12.2. The summed E-state index contributed by atoms with van der Waals surface area (Å²) < 4.78 is 0. The molecule has 0 aliphatic rings. The van der Waals surface area contributed by atoms with Gasteiger partial charge in [0.1, 0.15) is 0 Å². The van der Waals surface area contributed by atoms with E-state index in [0.29, 0.717) is 5.57 Å². The fourth-order valence-electron chi connectivity index (χ4n) is 1.30. The van der Waals surface area contributed by atoms with E-state index < -0.39 is 4.92 Å². The van der Waals surface area contributed by atoms with Gasteiger partial charge in [-0.25, -0.2) is 0 Å². The van der Waals surface area contributed by atoms with E-state index in [2.05, 4.69) is 13.2 Å². The fraction of sp³-hybridized carbons (Fsp3) is 0.133. The summed E-state index contributed by atoms with van der Waals surface area (Å²) in [6.45, 7) is 10.3. The molecule has 0 aliphatic heterocycles. The Balaban J connectivity index is 5.69. The summed E-state index contributed by atoms with van der Waals surface area (Å²) in [6, 6.07) is 0. The predicted molar refractivity (Wildman–Crippen MR) is 77.1 cm³/mol. The molecule has 0 aromatic rings. The molecule has 0 atom stereocenters. The molecule has 0 amide bonds. The Morgan fingerprint density at radius 3 is 2.21 bits per heavy atom. The molecule has 0 saturated carbocycles. The highest BCUT2D eigenvalue weighted by Gasteiger charge is 2.14. The number of Topliss-reactive ketones (excluding diaryl/α,β-unsaturated/α-hetero) is 1. The lowest BCUT2D eigenvalue weighted by Crippen LogP contribution is -2.05. The van der Waals surface area contributed by atoms with Crippen molar-refractivity contribution in [3.63, 3.8) is 0 Å². The molecule has 0 unspecified atom stereocenters. The second-order valence-electron chi connectivity index (χ2n) is 3.46. The molecule has 19 heavy (non-hydrogen) atoms. The fourth-order valence-corrected chi connectivity index (χ4v) is 1.30. The Bertz CT molecular complexity index is 505. The van der Waals surface area contributed by atoms with Gasteiger partial charge in [0.2, 0.25) is 0 Å². The van der Waals surface area contributed by atoms with Crippen molar-refractivity contribution in [2.45, 2.75) is 13.8 Å². The summed E-state index contributed by atoms with van der Waals surface area (Å²) in [5, 5.41) is 10.8. The highest BCUT2D eigenvalue weighted by atomic mass is 16.6. The zero-order chi connectivity index (χ0) is 14.8. The van der Waals surface area contributed by atoms with Gasteiger partial charge in [-0.3, -0.25) is 14.9 Å². The molecule has 0 aliphatic carbocycles. The van der Waals surface area contributed by atoms with Crippen LogP contribution in [0, 0.1) is 10.1 Å². The van der Waals surface area contributed by atoms with E-state index in [-0.39, 0.29) is 17.1 Å². The molecule has 0 aromatic heterocycles. The lowest BCUT2D eigenvalue weighted by molar-refractivity contribution is -0.419. The molecule has 0 saturated heterocycles. The summed E-state index contributed by atoms with van der Waals surface area (Å²) in [5.74, 6) is -0.339. The topological polar surface area (TPSA) is 60.2 Å². The largest absolute Gasteiger partial charge is 0.289 e. The number of nitrogens with zero attached hydrogens (tertiary/aromatic N) is 1. The third-order valence-electron chi connectivity index (χ3n) is 2.20. The van der Waals surface area contributed by atoms with Crippen LogP contribution in [-0.4, -0.2) is 10.7 Å². The Kier molecular flexibility index (Phi) is 7.45. The van der Waals surface area contributed by atoms with E-state index >= 15 is 0 Å². The van der Waals surface area contributed by atoms with Crippen molar-refractivity contribution >= 4 is 5.78 Å². The minimum Gasteiger partial charge on any atom is -0.289 e. The van der Waals surface area contributed by atoms with Gasteiger partial charge in [0.15, 0.2) is 5.78 Å². The Morgan fingerprint density at radius 1 is 1.21 bits per heavy atom. The summed E-state index contributed by atoms with van der Waals surface area (Å²) in [7, 11) is 0. The van der Waals surface area contributed by atoms with E-state index in [4.69, 9.17) is 0 Å². The minimum atomic E-state index is -0.540. The number of rotatable bonds is 7. The van der Waals surface area contributed by atoms with Crippen molar-refractivity contribution < 1.29 is 9.72 Å². The molecular weight excluding hydrogens is 242 g/mol. The third-order valence-corrected chi connectivity index (χ3v) is 2.20. The molecular formula is C15H17NO3. The zero-order valence-corrected chi connectivity index (χ0v) is 11.1. The van der Waals surface area contributed by atoms with Crippen LogP contribution in [0.1, 0.15) is 13.8 Å². The van der Waals surface area contributed by atoms with E-state index in [1.54, 1.807) is 19.9 Å². The van der Waals surface area contributed by atoms with E-state index in [0.717, 1.165) is 0 Å². The number of carbonyl (C=O) groups is 1. The minimum absolute atomic E-state index is 0.136. The molecule has 0 heterocycles. The number of hydrogen-bond donors (Lipinski definition) is 0. The first-order valence-corrected chi connectivity index (χ1v) is 5.66. The van der Waals surface area contributed by atoms with Crippen molar-refractivity contribution in [1.29, 1.82) is 0 Å². The van der Waals surface area contributed by atoms with Gasteiger partial charge in [-0.15, -0.1) is 0 Å². The van der Waals surface area contributed by atoms with Crippen LogP contribution in [0.25, 0.3) is 0 Å².